The molecule has 1 aliphatic carbocycles. The maximum Gasteiger partial charge on any atom is 0.405 e. The monoisotopic (exact) mass is 475 g/mol. The van der Waals surface area contributed by atoms with Gasteiger partial charge in [0, 0.05) is 30.0 Å². The molecule has 1 aliphatic rings. The maximum atomic E-state index is 12.8. The van der Waals surface area contributed by atoms with E-state index >= 15 is 0 Å². The van der Waals surface area contributed by atoms with E-state index in [1.165, 1.54) is 0 Å². The molecule has 10 heteroatoms. The number of carbonyl (C=O) groups is 1. The number of ketones is 1. The normalized spacial score (nSPS) is 17.3. The van der Waals surface area contributed by atoms with Crippen LogP contribution in [0.4, 0.5) is 24.9 Å². The third-order valence-electron chi connectivity index (χ3n) is 5.88. The summed E-state index contributed by atoms with van der Waals surface area (Å²) in [6, 6.07) is 5.38. The highest BCUT2D eigenvalue weighted by Crippen LogP contribution is 2.35. The zero-order valence-electron chi connectivity index (χ0n) is 19.6. The van der Waals surface area contributed by atoms with Crippen molar-refractivity contribution in [2.75, 3.05) is 17.2 Å². The molecule has 0 radical (unpaired) electrons. The molecular formula is C24H28F3N5O2. The molecule has 4 rings (SSSR count). The van der Waals surface area contributed by atoms with Crippen LogP contribution in [0, 0.1) is 6.92 Å². The Labute approximate surface area is 195 Å². The topological polar surface area (TPSA) is 92.9 Å². The Morgan fingerprint density at radius 3 is 2.59 bits per heavy atom. The highest BCUT2D eigenvalue weighted by atomic mass is 19.4. The molecule has 0 spiro atoms. The number of alkyl halides is 3. The Balaban J connectivity index is 1.69. The van der Waals surface area contributed by atoms with Gasteiger partial charge in [-0.1, -0.05) is 25.9 Å². The number of fused-ring (bicyclic) bond motifs is 1. The zero-order chi connectivity index (χ0) is 24.7. The minimum atomic E-state index is -4.32. The van der Waals surface area contributed by atoms with E-state index in [-0.39, 0.29) is 29.1 Å². The van der Waals surface area contributed by atoms with Gasteiger partial charge in [-0.05, 0) is 54.5 Å². The molecule has 2 aromatic heterocycles. The second kappa shape index (κ2) is 8.88. The molecule has 0 bridgehead atoms. The van der Waals surface area contributed by atoms with Crippen LogP contribution in [-0.4, -0.2) is 39.7 Å². The van der Waals surface area contributed by atoms with Crippen LogP contribution >= 0.6 is 0 Å². The second-order valence-electron chi connectivity index (χ2n) is 9.85. The van der Waals surface area contributed by atoms with Crippen LogP contribution in [0.15, 0.2) is 22.6 Å². The first-order chi connectivity index (χ1) is 15.9. The van der Waals surface area contributed by atoms with Crippen molar-refractivity contribution in [3.8, 4) is 11.6 Å². The minimum absolute atomic E-state index is 0.0315. The van der Waals surface area contributed by atoms with Crippen LogP contribution in [0.2, 0.25) is 0 Å². The Hall–Kier alpha value is -3.17. The average molecular weight is 476 g/mol. The van der Waals surface area contributed by atoms with Gasteiger partial charge in [0.05, 0.1) is 5.52 Å². The summed E-state index contributed by atoms with van der Waals surface area (Å²) >= 11 is 0. The fourth-order valence-corrected chi connectivity index (χ4v) is 4.18. The lowest BCUT2D eigenvalue weighted by Crippen LogP contribution is -2.27. The maximum absolute atomic E-state index is 12.8. The van der Waals surface area contributed by atoms with E-state index in [1.54, 1.807) is 18.2 Å². The SMILES string of the molecule is Cc1cc(-c2nnc(NC3CCCC(=O)C3)o2)nc2c(C(C)(C)C)cc(NCC(F)(F)F)cc12. The Morgan fingerprint density at radius 1 is 1.15 bits per heavy atom. The van der Waals surface area contributed by atoms with Crippen LogP contribution < -0.4 is 10.6 Å². The second-order valence-corrected chi connectivity index (χ2v) is 9.85. The van der Waals surface area contributed by atoms with E-state index in [9.17, 15) is 18.0 Å². The predicted molar refractivity (Wildman–Crippen MR) is 124 cm³/mol. The average Bonchev–Trinajstić information content (AvgIpc) is 3.19. The lowest BCUT2D eigenvalue weighted by Gasteiger charge is -2.23. The molecule has 3 aromatic rings. The zero-order valence-corrected chi connectivity index (χ0v) is 19.6. The highest BCUT2D eigenvalue weighted by molar-refractivity contribution is 5.91. The molecule has 0 aliphatic heterocycles. The van der Waals surface area contributed by atoms with Crippen LogP contribution in [0.25, 0.3) is 22.5 Å². The van der Waals surface area contributed by atoms with Crippen molar-refractivity contribution in [3.05, 3.63) is 29.3 Å². The largest absolute Gasteiger partial charge is 0.405 e. The van der Waals surface area contributed by atoms with Crippen molar-refractivity contribution in [3.63, 3.8) is 0 Å². The molecule has 182 valence electrons. The van der Waals surface area contributed by atoms with E-state index in [2.05, 4.69) is 20.8 Å². The van der Waals surface area contributed by atoms with Crippen LogP contribution in [0.1, 0.15) is 57.6 Å². The Kier molecular flexibility index (Phi) is 6.26. The van der Waals surface area contributed by atoms with Gasteiger partial charge in [0.1, 0.15) is 18.0 Å². The number of Topliss-reactive ketones (excluding diaryl/α,β-unsaturated/α-hetero) is 1. The molecule has 1 fully saturated rings. The molecule has 0 amide bonds. The lowest BCUT2D eigenvalue weighted by atomic mass is 9.84. The first-order valence-corrected chi connectivity index (χ1v) is 11.3. The number of hydrogen-bond donors (Lipinski definition) is 2. The van der Waals surface area contributed by atoms with Gasteiger partial charge in [-0.3, -0.25) is 4.79 Å². The van der Waals surface area contributed by atoms with Crippen molar-refractivity contribution >= 4 is 28.4 Å². The highest BCUT2D eigenvalue weighted by Gasteiger charge is 2.28. The third-order valence-corrected chi connectivity index (χ3v) is 5.88. The summed E-state index contributed by atoms with van der Waals surface area (Å²) in [5, 5.41) is 14.5. The molecule has 34 heavy (non-hydrogen) atoms. The molecule has 1 saturated carbocycles. The van der Waals surface area contributed by atoms with Crippen molar-refractivity contribution in [2.24, 2.45) is 0 Å². The van der Waals surface area contributed by atoms with E-state index in [0.717, 1.165) is 29.4 Å². The fourth-order valence-electron chi connectivity index (χ4n) is 4.18. The summed E-state index contributed by atoms with van der Waals surface area (Å²) in [5.41, 5.74) is 2.79. The first kappa shape index (κ1) is 24.0. The van der Waals surface area contributed by atoms with Gasteiger partial charge in [0.15, 0.2) is 0 Å². The summed E-state index contributed by atoms with van der Waals surface area (Å²) in [6.07, 6.45) is -1.58. The summed E-state index contributed by atoms with van der Waals surface area (Å²) in [7, 11) is 0. The molecular weight excluding hydrogens is 447 g/mol. The van der Waals surface area contributed by atoms with Gasteiger partial charge < -0.3 is 15.1 Å². The number of nitrogens with zero attached hydrogens (tertiary/aromatic N) is 3. The lowest BCUT2D eigenvalue weighted by molar-refractivity contribution is -0.120. The molecule has 1 atom stereocenters. The van der Waals surface area contributed by atoms with Gasteiger partial charge >= 0.3 is 12.2 Å². The molecule has 7 nitrogen and oxygen atoms in total. The van der Waals surface area contributed by atoms with Gasteiger partial charge in [0.25, 0.3) is 5.89 Å². The van der Waals surface area contributed by atoms with Crippen LogP contribution in [0.5, 0.6) is 0 Å². The quantitative estimate of drug-likeness (QED) is 0.483. The fraction of sp³-hybridized carbons (Fsp3) is 0.500. The number of hydrogen-bond acceptors (Lipinski definition) is 7. The van der Waals surface area contributed by atoms with Crippen molar-refractivity contribution < 1.29 is 22.4 Å². The van der Waals surface area contributed by atoms with Gasteiger partial charge in [-0.15, -0.1) is 5.10 Å². The number of nitrogens with one attached hydrogen (secondary N) is 2. The number of carbonyl (C=O) groups excluding carboxylic acids is 1. The van der Waals surface area contributed by atoms with E-state index in [4.69, 9.17) is 9.40 Å². The predicted octanol–water partition coefficient (Wildman–Crippen LogP) is 5.79. The van der Waals surface area contributed by atoms with E-state index in [0.29, 0.717) is 29.7 Å². The molecule has 2 heterocycles. The van der Waals surface area contributed by atoms with Gasteiger partial charge in [0.2, 0.25) is 0 Å². The van der Waals surface area contributed by atoms with Crippen molar-refractivity contribution in [2.45, 2.75) is 71.0 Å². The number of pyridine rings is 1. The van der Waals surface area contributed by atoms with E-state index in [1.807, 2.05) is 27.7 Å². The Bertz CT molecular complexity index is 1210. The van der Waals surface area contributed by atoms with E-state index < -0.39 is 12.7 Å². The van der Waals surface area contributed by atoms with Crippen LogP contribution in [0.3, 0.4) is 0 Å². The summed E-state index contributed by atoms with van der Waals surface area (Å²) in [6.45, 7) is 6.71. The smallest absolute Gasteiger partial charge is 0.402 e. The summed E-state index contributed by atoms with van der Waals surface area (Å²) in [5.74, 6) is 0.447. The number of aromatic nitrogens is 3. The number of anilines is 2. The standard InChI is InChI=1S/C24H28F3N5O2/c1-13-8-19(21-31-32-22(34-21)29-14-6-5-7-16(33)9-14)30-20-17(13)10-15(28-12-24(25,26)27)11-18(20)23(2,3)4/h8,10-11,14,28H,5-7,9,12H2,1-4H3,(H,29,32). The number of benzene rings is 1. The molecule has 1 aromatic carbocycles. The minimum Gasteiger partial charge on any atom is -0.402 e. The third kappa shape index (κ3) is 5.48. The summed E-state index contributed by atoms with van der Waals surface area (Å²) in [4.78, 5) is 16.5. The number of halogens is 3. The molecule has 2 N–H and O–H groups in total. The number of aryl methyl sites for hydroxylation is 1. The molecule has 1 unspecified atom stereocenters. The van der Waals surface area contributed by atoms with Gasteiger partial charge in [-0.25, -0.2) is 4.98 Å². The van der Waals surface area contributed by atoms with Crippen molar-refractivity contribution in [1.29, 1.82) is 0 Å². The molecule has 0 saturated heterocycles. The van der Waals surface area contributed by atoms with Crippen LogP contribution in [-0.2, 0) is 10.2 Å². The number of rotatable bonds is 5. The van der Waals surface area contributed by atoms with Crippen molar-refractivity contribution in [1.82, 2.24) is 15.2 Å². The first-order valence-electron chi connectivity index (χ1n) is 11.3. The summed E-state index contributed by atoms with van der Waals surface area (Å²) < 4.78 is 44.1. The Morgan fingerprint density at radius 2 is 1.91 bits per heavy atom. The van der Waals surface area contributed by atoms with Gasteiger partial charge in [-0.2, -0.15) is 13.2 Å².